The Morgan fingerprint density at radius 3 is 1.18 bits per heavy atom. The highest BCUT2D eigenvalue weighted by atomic mass is 28.3. The zero-order valence-electron chi connectivity index (χ0n) is 13.0. The molecule has 2 nitrogen and oxygen atoms in total. The van der Waals surface area contributed by atoms with E-state index < -0.39 is 17.9 Å². The number of rotatable bonds is 10. The largest absolute Gasteiger partial charge is 0.327 e. The van der Waals surface area contributed by atoms with Gasteiger partial charge in [0.05, 0.1) is 0 Å². The highest BCUT2D eigenvalue weighted by molar-refractivity contribution is 6.56. The standard InChI is InChI=1S/C13H34N2Si2/c1-7-14(8-2)16(5)12-11-13-17(6)15(9-3)10-4/h16-17H,7-13H2,1-6H3. The molecule has 0 fully saturated rings. The van der Waals surface area contributed by atoms with Crippen molar-refractivity contribution in [1.82, 2.24) is 9.13 Å². The van der Waals surface area contributed by atoms with Crippen LogP contribution in [-0.4, -0.2) is 53.2 Å². The molecule has 0 aliphatic rings. The van der Waals surface area contributed by atoms with Gasteiger partial charge in [-0.05, 0) is 38.3 Å². The van der Waals surface area contributed by atoms with Crippen molar-refractivity contribution in [3.63, 3.8) is 0 Å². The predicted octanol–water partition coefficient (Wildman–Crippen LogP) is 2.77. The topological polar surface area (TPSA) is 6.48 Å². The molecule has 0 aromatic carbocycles. The second-order valence-corrected chi connectivity index (χ2v) is 11.1. The first kappa shape index (κ1) is 17.4. The van der Waals surface area contributed by atoms with Crippen LogP contribution in [0.2, 0.25) is 25.2 Å². The number of hydrogen-bond donors (Lipinski definition) is 0. The molecule has 0 amide bonds. The third-order valence-corrected chi connectivity index (χ3v) is 10.6. The number of hydrogen-bond acceptors (Lipinski definition) is 2. The van der Waals surface area contributed by atoms with Crippen LogP contribution < -0.4 is 0 Å². The van der Waals surface area contributed by atoms with Gasteiger partial charge in [0.25, 0.3) is 0 Å². The van der Waals surface area contributed by atoms with E-state index in [0.29, 0.717) is 0 Å². The molecule has 0 saturated heterocycles. The molecule has 2 unspecified atom stereocenters. The van der Waals surface area contributed by atoms with E-state index in [0.717, 1.165) is 0 Å². The molecule has 0 rings (SSSR count). The molecule has 0 heterocycles. The van der Waals surface area contributed by atoms with Crippen LogP contribution in [0.5, 0.6) is 0 Å². The molecule has 104 valence electrons. The summed E-state index contributed by atoms with van der Waals surface area (Å²) in [6, 6.07) is 3.03. The van der Waals surface area contributed by atoms with Crippen LogP contribution in [0.1, 0.15) is 34.1 Å². The second kappa shape index (κ2) is 10.3. The van der Waals surface area contributed by atoms with Gasteiger partial charge in [-0.3, -0.25) is 0 Å². The van der Waals surface area contributed by atoms with E-state index in [1.54, 1.807) is 0 Å². The lowest BCUT2D eigenvalue weighted by Crippen LogP contribution is -2.38. The minimum atomic E-state index is -0.588. The van der Waals surface area contributed by atoms with Gasteiger partial charge in [-0.15, -0.1) is 0 Å². The zero-order valence-corrected chi connectivity index (χ0v) is 15.3. The Balaban J connectivity index is 3.82. The van der Waals surface area contributed by atoms with Crippen molar-refractivity contribution in [3.05, 3.63) is 0 Å². The molecular formula is C13H34N2Si2. The molecular weight excluding hydrogens is 240 g/mol. The molecule has 0 radical (unpaired) electrons. The van der Waals surface area contributed by atoms with Gasteiger partial charge in [-0.25, -0.2) is 0 Å². The fraction of sp³-hybridized carbons (Fsp3) is 1.00. The molecule has 0 aromatic heterocycles. The first-order valence-electron chi connectivity index (χ1n) is 7.58. The molecule has 0 aliphatic carbocycles. The highest BCUT2D eigenvalue weighted by Crippen LogP contribution is 2.10. The average molecular weight is 275 g/mol. The lowest BCUT2D eigenvalue weighted by molar-refractivity contribution is 0.473. The summed E-state index contributed by atoms with van der Waals surface area (Å²) in [6.45, 7) is 19.3. The summed E-state index contributed by atoms with van der Waals surface area (Å²) in [5.41, 5.74) is 0. The van der Waals surface area contributed by atoms with Crippen molar-refractivity contribution >= 4 is 17.9 Å². The minimum absolute atomic E-state index is 0.588. The van der Waals surface area contributed by atoms with Crippen LogP contribution in [0.15, 0.2) is 0 Å². The van der Waals surface area contributed by atoms with E-state index in [1.165, 1.54) is 44.7 Å². The summed E-state index contributed by atoms with van der Waals surface area (Å²) in [4.78, 5) is 0. The van der Waals surface area contributed by atoms with Gasteiger partial charge in [0, 0.05) is 0 Å². The summed E-state index contributed by atoms with van der Waals surface area (Å²) < 4.78 is 5.42. The maximum absolute atomic E-state index is 2.71. The van der Waals surface area contributed by atoms with Crippen LogP contribution in [0, 0.1) is 0 Å². The molecule has 0 spiro atoms. The van der Waals surface area contributed by atoms with Crippen molar-refractivity contribution < 1.29 is 0 Å². The van der Waals surface area contributed by atoms with Crippen molar-refractivity contribution in [2.45, 2.75) is 59.3 Å². The summed E-state index contributed by atoms with van der Waals surface area (Å²) in [5, 5.41) is 0. The van der Waals surface area contributed by atoms with Gasteiger partial charge in [0.1, 0.15) is 17.9 Å². The first-order chi connectivity index (χ1) is 8.10. The van der Waals surface area contributed by atoms with E-state index in [-0.39, 0.29) is 0 Å². The minimum Gasteiger partial charge on any atom is -0.327 e. The maximum Gasteiger partial charge on any atom is 0.108 e. The van der Waals surface area contributed by atoms with Gasteiger partial charge in [-0.1, -0.05) is 47.2 Å². The molecule has 4 heteroatoms. The monoisotopic (exact) mass is 274 g/mol. The van der Waals surface area contributed by atoms with Gasteiger partial charge in [0.15, 0.2) is 0 Å². The maximum atomic E-state index is 2.71. The molecule has 2 atom stereocenters. The van der Waals surface area contributed by atoms with Crippen LogP contribution >= 0.6 is 0 Å². The Hall–Kier alpha value is 0.354. The van der Waals surface area contributed by atoms with Crippen LogP contribution in [0.4, 0.5) is 0 Å². The smallest absolute Gasteiger partial charge is 0.108 e. The summed E-state index contributed by atoms with van der Waals surface area (Å²) >= 11 is 0. The molecule has 0 bridgehead atoms. The third kappa shape index (κ3) is 6.74. The fourth-order valence-corrected chi connectivity index (χ4v) is 8.12. The second-order valence-electron chi connectivity index (χ2n) is 5.07. The quantitative estimate of drug-likeness (QED) is 0.565. The van der Waals surface area contributed by atoms with Crippen LogP contribution in [-0.2, 0) is 0 Å². The number of nitrogens with zero attached hydrogens (tertiary/aromatic N) is 2. The summed E-state index contributed by atoms with van der Waals surface area (Å²) in [7, 11) is -1.18. The highest BCUT2D eigenvalue weighted by Gasteiger charge is 2.15. The fourth-order valence-electron chi connectivity index (χ4n) is 2.77. The lowest BCUT2D eigenvalue weighted by Gasteiger charge is -2.27. The first-order valence-corrected chi connectivity index (χ1v) is 12.6. The molecule has 0 saturated carbocycles. The Morgan fingerprint density at radius 1 is 0.647 bits per heavy atom. The van der Waals surface area contributed by atoms with Gasteiger partial charge >= 0.3 is 0 Å². The van der Waals surface area contributed by atoms with Gasteiger partial charge in [0.2, 0.25) is 0 Å². The Bertz CT molecular complexity index is 153. The third-order valence-electron chi connectivity index (χ3n) is 4.12. The van der Waals surface area contributed by atoms with Crippen molar-refractivity contribution in [1.29, 1.82) is 0 Å². The lowest BCUT2D eigenvalue weighted by atomic mass is 10.6. The Labute approximate surface area is 113 Å². The van der Waals surface area contributed by atoms with Crippen LogP contribution in [0.25, 0.3) is 0 Å². The van der Waals surface area contributed by atoms with E-state index >= 15 is 0 Å². The van der Waals surface area contributed by atoms with Gasteiger partial charge in [-0.2, -0.15) is 0 Å². The normalized spacial score (nSPS) is 15.5. The molecule has 0 aliphatic heterocycles. The van der Waals surface area contributed by atoms with Crippen molar-refractivity contribution in [2.75, 3.05) is 26.2 Å². The Morgan fingerprint density at radius 2 is 0.941 bits per heavy atom. The van der Waals surface area contributed by atoms with E-state index in [9.17, 15) is 0 Å². The predicted molar refractivity (Wildman–Crippen MR) is 86.1 cm³/mol. The summed E-state index contributed by atoms with van der Waals surface area (Å²) in [5.74, 6) is 0. The van der Waals surface area contributed by atoms with E-state index in [1.807, 2.05) is 0 Å². The average Bonchev–Trinajstić information content (AvgIpc) is 2.32. The van der Waals surface area contributed by atoms with E-state index in [4.69, 9.17) is 0 Å². The molecule has 17 heavy (non-hydrogen) atoms. The van der Waals surface area contributed by atoms with Crippen LogP contribution in [0.3, 0.4) is 0 Å². The van der Waals surface area contributed by atoms with Gasteiger partial charge < -0.3 is 9.13 Å². The summed E-state index contributed by atoms with van der Waals surface area (Å²) in [6.07, 6.45) is 1.48. The van der Waals surface area contributed by atoms with Crippen molar-refractivity contribution in [2.24, 2.45) is 0 Å². The van der Waals surface area contributed by atoms with Crippen molar-refractivity contribution in [3.8, 4) is 0 Å². The molecule has 0 aromatic rings. The SMILES string of the molecule is CCN(CC)[SiH](C)CCC[SiH](C)N(CC)CC. The zero-order chi connectivity index (χ0) is 13.3. The molecule has 0 N–H and O–H groups in total. The van der Waals surface area contributed by atoms with E-state index in [2.05, 4.69) is 49.9 Å². The Kier molecular flexibility index (Phi) is 10.5.